The first kappa shape index (κ1) is 14.0. The van der Waals surface area contributed by atoms with Gasteiger partial charge in [-0.05, 0) is 29.6 Å². The average Bonchev–Trinajstić information content (AvgIpc) is 1.66. The Bertz CT molecular complexity index is 174. The number of hydrogen-bond acceptors (Lipinski definition) is 1. The smallest absolute Gasteiger partial charge is 0.0521 e. The van der Waals surface area contributed by atoms with Gasteiger partial charge >= 0.3 is 0 Å². The highest BCUT2D eigenvalue weighted by Crippen LogP contribution is 2.40. The van der Waals surface area contributed by atoms with Gasteiger partial charge in [-0.1, -0.05) is 48.0 Å². The molecule has 0 radical (unpaired) electrons. The predicted molar refractivity (Wildman–Crippen MR) is 70.6 cm³/mol. The van der Waals surface area contributed by atoms with Crippen molar-refractivity contribution >= 4 is 0 Å². The highest BCUT2D eigenvalue weighted by molar-refractivity contribution is 4.80. The minimum Gasteiger partial charge on any atom is -0.381 e. The third-order valence-corrected chi connectivity index (χ3v) is 4.19. The molecule has 0 unspecified atom stereocenters. The highest BCUT2D eigenvalue weighted by Gasteiger charge is 2.30. The lowest BCUT2D eigenvalue weighted by Crippen LogP contribution is -2.37. The zero-order valence-corrected chi connectivity index (χ0v) is 12.1. The zero-order valence-electron chi connectivity index (χ0n) is 12.1. The molecule has 0 atom stereocenters. The van der Waals surface area contributed by atoms with Gasteiger partial charge in [0.1, 0.15) is 0 Å². The van der Waals surface area contributed by atoms with E-state index in [1.165, 1.54) is 19.3 Å². The van der Waals surface area contributed by atoms with Crippen LogP contribution in [0.3, 0.4) is 0 Å². The minimum absolute atomic E-state index is 0.470. The van der Waals surface area contributed by atoms with E-state index in [1.807, 2.05) is 0 Å². The quantitative estimate of drug-likeness (QED) is 0.590. The summed E-state index contributed by atoms with van der Waals surface area (Å²) in [5, 5.41) is 0. The Kier molecular flexibility index (Phi) is 4.45. The van der Waals surface area contributed by atoms with Crippen molar-refractivity contribution in [2.24, 2.45) is 22.7 Å². The topological polar surface area (TPSA) is 9.23 Å². The van der Waals surface area contributed by atoms with E-state index in [4.69, 9.17) is 4.74 Å². The second-order valence-electron chi connectivity index (χ2n) is 7.59. The second-order valence-corrected chi connectivity index (χ2v) is 7.59. The number of ether oxygens (including phenoxy) is 1. The Morgan fingerprint density at radius 3 is 1.19 bits per heavy atom. The first-order valence-electron chi connectivity index (χ1n) is 6.79. The van der Waals surface area contributed by atoms with Crippen LogP contribution in [0.4, 0.5) is 0 Å². The molecule has 1 saturated carbocycles. The van der Waals surface area contributed by atoms with E-state index in [2.05, 4.69) is 41.5 Å². The summed E-state index contributed by atoms with van der Waals surface area (Å²) in [6.07, 6.45) is 4.43. The SMILES string of the molecule is CC(C)(C)C1CCC1.CC(C)(C)C1COC1. The normalized spacial score (nSPS) is 22.9. The van der Waals surface area contributed by atoms with Crippen molar-refractivity contribution in [2.45, 2.75) is 60.8 Å². The van der Waals surface area contributed by atoms with Crippen LogP contribution in [0.25, 0.3) is 0 Å². The van der Waals surface area contributed by atoms with Crippen LogP contribution in [-0.4, -0.2) is 13.2 Å². The zero-order chi connectivity index (χ0) is 12.4. The molecular weight excluding hydrogens is 196 g/mol. The lowest BCUT2D eigenvalue weighted by atomic mass is 9.69. The van der Waals surface area contributed by atoms with Gasteiger partial charge < -0.3 is 4.74 Å². The Hall–Kier alpha value is -0.0400. The molecule has 1 nitrogen and oxygen atoms in total. The van der Waals surface area contributed by atoms with Crippen molar-refractivity contribution in [3.05, 3.63) is 0 Å². The molecular formula is C15H30O. The fourth-order valence-electron chi connectivity index (χ4n) is 2.01. The first-order chi connectivity index (χ1) is 7.21. The van der Waals surface area contributed by atoms with Crippen LogP contribution in [0.5, 0.6) is 0 Å². The molecule has 1 heterocycles. The molecule has 0 amide bonds. The molecule has 2 aliphatic rings. The van der Waals surface area contributed by atoms with E-state index in [1.54, 1.807) is 0 Å². The highest BCUT2D eigenvalue weighted by atomic mass is 16.5. The molecule has 0 bridgehead atoms. The largest absolute Gasteiger partial charge is 0.381 e. The Balaban J connectivity index is 0.000000160. The van der Waals surface area contributed by atoms with Crippen LogP contribution in [0.15, 0.2) is 0 Å². The van der Waals surface area contributed by atoms with Gasteiger partial charge in [-0.15, -0.1) is 0 Å². The molecule has 96 valence electrons. The van der Waals surface area contributed by atoms with Crippen LogP contribution >= 0.6 is 0 Å². The van der Waals surface area contributed by atoms with Crippen molar-refractivity contribution in [3.63, 3.8) is 0 Å². The predicted octanol–water partition coefficient (Wildman–Crippen LogP) is 4.51. The lowest BCUT2D eigenvalue weighted by molar-refractivity contribution is -0.0821. The van der Waals surface area contributed by atoms with Gasteiger partial charge in [0.25, 0.3) is 0 Å². The van der Waals surface area contributed by atoms with Gasteiger partial charge in [0.2, 0.25) is 0 Å². The summed E-state index contributed by atoms with van der Waals surface area (Å²) in [6, 6.07) is 0. The number of hydrogen-bond donors (Lipinski definition) is 0. The summed E-state index contributed by atoms with van der Waals surface area (Å²) in [5.41, 5.74) is 1.07. The summed E-state index contributed by atoms with van der Waals surface area (Å²) in [4.78, 5) is 0. The minimum atomic E-state index is 0.470. The van der Waals surface area contributed by atoms with Gasteiger partial charge in [0, 0.05) is 5.92 Å². The summed E-state index contributed by atoms with van der Waals surface area (Å²) in [5.74, 6) is 1.84. The molecule has 2 rings (SSSR count). The molecule has 1 saturated heterocycles. The van der Waals surface area contributed by atoms with Crippen molar-refractivity contribution in [1.29, 1.82) is 0 Å². The molecule has 1 heteroatoms. The van der Waals surface area contributed by atoms with Gasteiger partial charge in [0.05, 0.1) is 13.2 Å². The van der Waals surface area contributed by atoms with Crippen LogP contribution in [-0.2, 0) is 4.74 Å². The van der Waals surface area contributed by atoms with E-state index in [0.717, 1.165) is 25.0 Å². The fourth-order valence-corrected chi connectivity index (χ4v) is 2.01. The van der Waals surface area contributed by atoms with Gasteiger partial charge in [0.15, 0.2) is 0 Å². The van der Waals surface area contributed by atoms with Crippen molar-refractivity contribution in [3.8, 4) is 0 Å². The Labute approximate surface area is 102 Å². The molecule has 0 spiro atoms. The van der Waals surface area contributed by atoms with E-state index in [9.17, 15) is 0 Å². The molecule has 16 heavy (non-hydrogen) atoms. The van der Waals surface area contributed by atoms with E-state index in [-0.39, 0.29) is 0 Å². The summed E-state index contributed by atoms with van der Waals surface area (Å²) < 4.78 is 5.06. The lowest BCUT2D eigenvalue weighted by Gasteiger charge is -2.37. The molecule has 2 fully saturated rings. The maximum Gasteiger partial charge on any atom is 0.0521 e. The van der Waals surface area contributed by atoms with Crippen LogP contribution in [0.2, 0.25) is 0 Å². The molecule has 0 aromatic heterocycles. The fraction of sp³-hybridized carbons (Fsp3) is 1.00. The standard InChI is InChI=1S/C8H16.C7H14O/c1-8(2,3)7-5-4-6-7;1-7(2,3)6-4-8-5-6/h7H,4-6H2,1-3H3;6H,4-5H2,1-3H3. The molecule has 0 aromatic carbocycles. The van der Waals surface area contributed by atoms with E-state index < -0.39 is 0 Å². The first-order valence-corrected chi connectivity index (χ1v) is 6.79. The molecule has 1 aliphatic heterocycles. The average molecular weight is 226 g/mol. The third kappa shape index (κ3) is 4.08. The summed E-state index contributed by atoms with van der Waals surface area (Å²) >= 11 is 0. The monoisotopic (exact) mass is 226 g/mol. The van der Waals surface area contributed by atoms with Crippen molar-refractivity contribution in [1.82, 2.24) is 0 Å². The third-order valence-electron chi connectivity index (χ3n) is 4.19. The maximum absolute atomic E-state index is 5.06. The summed E-state index contributed by atoms with van der Waals surface area (Å²) in [6.45, 7) is 15.8. The van der Waals surface area contributed by atoms with E-state index >= 15 is 0 Å². The molecule has 0 N–H and O–H groups in total. The van der Waals surface area contributed by atoms with Gasteiger partial charge in [-0.3, -0.25) is 0 Å². The second kappa shape index (κ2) is 5.08. The Morgan fingerprint density at radius 1 is 0.750 bits per heavy atom. The summed E-state index contributed by atoms with van der Waals surface area (Å²) in [7, 11) is 0. The van der Waals surface area contributed by atoms with Crippen LogP contribution in [0.1, 0.15) is 60.8 Å². The van der Waals surface area contributed by atoms with Crippen LogP contribution < -0.4 is 0 Å². The van der Waals surface area contributed by atoms with Gasteiger partial charge in [-0.25, -0.2) is 0 Å². The van der Waals surface area contributed by atoms with Crippen molar-refractivity contribution < 1.29 is 4.74 Å². The molecule has 0 aromatic rings. The number of rotatable bonds is 0. The van der Waals surface area contributed by atoms with Gasteiger partial charge in [-0.2, -0.15) is 0 Å². The van der Waals surface area contributed by atoms with E-state index in [0.29, 0.717) is 10.8 Å². The Morgan fingerprint density at radius 2 is 1.19 bits per heavy atom. The van der Waals surface area contributed by atoms with Crippen LogP contribution in [0, 0.1) is 22.7 Å². The maximum atomic E-state index is 5.06. The molecule has 1 aliphatic carbocycles. The van der Waals surface area contributed by atoms with Crippen molar-refractivity contribution in [2.75, 3.05) is 13.2 Å².